The highest BCUT2D eigenvalue weighted by molar-refractivity contribution is 5.93. The van der Waals surface area contributed by atoms with Crippen LogP contribution in [-0.2, 0) is 9.59 Å². The normalized spacial score (nSPS) is 17.3. The van der Waals surface area contributed by atoms with Crippen molar-refractivity contribution in [2.75, 3.05) is 13.1 Å². The van der Waals surface area contributed by atoms with Crippen LogP contribution in [0, 0.1) is 5.92 Å². The second kappa shape index (κ2) is 8.63. The predicted molar refractivity (Wildman–Crippen MR) is 115 cm³/mol. The number of piperidine rings is 1. The first-order valence-corrected chi connectivity index (χ1v) is 10.2. The SMILES string of the molecule is C[C@@H](Oc1ccc2c(-c3ccccc3)cc(=O)oc2c1)C(=O)N1CCC[C@H](C(=O)O)C1. The lowest BCUT2D eigenvalue weighted by molar-refractivity contribution is -0.147. The van der Waals surface area contributed by atoms with Crippen molar-refractivity contribution in [1.29, 1.82) is 0 Å². The Morgan fingerprint density at radius 1 is 1.16 bits per heavy atom. The molecule has 0 unspecified atom stereocenters. The van der Waals surface area contributed by atoms with Crippen LogP contribution in [-0.4, -0.2) is 41.1 Å². The highest BCUT2D eigenvalue weighted by Crippen LogP contribution is 2.30. The third-order valence-corrected chi connectivity index (χ3v) is 5.54. The molecule has 2 heterocycles. The maximum absolute atomic E-state index is 12.8. The zero-order chi connectivity index (χ0) is 22.0. The Morgan fingerprint density at radius 3 is 2.68 bits per heavy atom. The fourth-order valence-electron chi connectivity index (χ4n) is 3.96. The summed E-state index contributed by atoms with van der Waals surface area (Å²) in [7, 11) is 0. The van der Waals surface area contributed by atoms with Gasteiger partial charge in [0.25, 0.3) is 5.91 Å². The average Bonchev–Trinajstić information content (AvgIpc) is 2.78. The number of carbonyl (C=O) groups excluding carboxylic acids is 1. The standard InChI is InChI=1S/C24H23NO6/c1-15(23(27)25-11-5-8-17(14-25)24(28)29)30-18-9-10-19-20(16-6-3-2-4-7-16)13-22(26)31-21(19)12-18/h2-4,6-7,9-10,12-13,15,17H,5,8,11,14H2,1H3,(H,28,29)/t15-,17+/m1/s1. The molecule has 4 rings (SSSR count). The molecule has 0 radical (unpaired) electrons. The number of fused-ring (bicyclic) bond motifs is 1. The Kier molecular flexibility index (Phi) is 5.75. The van der Waals surface area contributed by atoms with Crippen molar-refractivity contribution < 1.29 is 23.8 Å². The summed E-state index contributed by atoms with van der Waals surface area (Å²) in [5.41, 5.74) is 1.55. The number of carboxylic acid groups (broad SMARTS) is 1. The highest BCUT2D eigenvalue weighted by Gasteiger charge is 2.31. The van der Waals surface area contributed by atoms with Gasteiger partial charge in [0.05, 0.1) is 5.92 Å². The van der Waals surface area contributed by atoms with Gasteiger partial charge in [0.15, 0.2) is 6.10 Å². The smallest absolute Gasteiger partial charge is 0.336 e. The maximum atomic E-state index is 12.8. The summed E-state index contributed by atoms with van der Waals surface area (Å²) >= 11 is 0. The van der Waals surface area contributed by atoms with Crippen molar-refractivity contribution in [1.82, 2.24) is 4.90 Å². The molecule has 31 heavy (non-hydrogen) atoms. The first-order chi connectivity index (χ1) is 14.9. The second-order valence-corrected chi connectivity index (χ2v) is 7.72. The van der Waals surface area contributed by atoms with Crippen molar-refractivity contribution in [2.24, 2.45) is 5.92 Å². The first-order valence-electron chi connectivity index (χ1n) is 10.2. The van der Waals surface area contributed by atoms with E-state index < -0.39 is 23.6 Å². The molecular formula is C24H23NO6. The summed E-state index contributed by atoms with van der Waals surface area (Å²) < 4.78 is 11.2. The minimum Gasteiger partial charge on any atom is -0.481 e. The minimum absolute atomic E-state index is 0.189. The summed E-state index contributed by atoms with van der Waals surface area (Å²) in [6.07, 6.45) is 0.426. The van der Waals surface area contributed by atoms with Gasteiger partial charge >= 0.3 is 11.6 Å². The van der Waals surface area contributed by atoms with Crippen LogP contribution in [0.25, 0.3) is 22.1 Å². The first kappa shape index (κ1) is 20.7. The van der Waals surface area contributed by atoms with Crippen LogP contribution in [0.5, 0.6) is 5.75 Å². The molecule has 1 saturated heterocycles. The number of hydrogen-bond acceptors (Lipinski definition) is 5. The van der Waals surface area contributed by atoms with Gasteiger partial charge in [0.1, 0.15) is 11.3 Å². The molecule has 160 valence electrons. The molecule has 7 nitrogen and oxygen atoms in total. The summed E-state index contributed by atoms with van der Waals surface area (Å²) in [5, 5.41) is 10.00. The summed E-state index contributed by atoms with van der Waals surface area (Å²) in [5.74, 6) is -1.29. The van der Waals surface area contributed by atoms with E-state index in [-0.39, 0.29) is 12.5 Å². The molecule has 0 saturated carbocycles. The fourth-order valence-corrected chi connectivity index (χ4v) is 3.96. The van der Waals surface area contributed by atoms with E-state index in [9.17, 15) is 19.5 Å². The van der Waals surface area contributed by atoms with Gasteiger partial charge in [-0.15, -0.1) is 0 Å². The Morgan fingerprint density at radius 2 is 1.94 bits per heavy atom. The molecule has 0 aliphatic carbocycles. The number of benzene rings is 2. The largest absolute Gasteiger partial charge is 0.481 e. The lowest BCUT2D eigenvalue weighted by Gasteiger charge is -2.32. The molecule has 7 heteroatoms. The molecule has 1 fully saturated rings. The molecule has 0 spiro atoms. The topological polar surface area (TPSA) is 97.0 Å². The summed E-state index contributed by atoms with van der Waals surface area (Å²) in [4.78, 5) is 37.7. The molecule has 1 amide bonds. The molecule has 2 aromatic carbocycles. The Bertz CT molecular complexity index is 1170. The molecule has 3 aromatic rings. The number of carbonyl (C=O) groups is 2. The van der Waals surface area contributed by atoms with Gasteiger partial charge in [-0.25, -0.2) is 4.79 Å². The Hall–Kier alpha value is -3.61. The lowest BCUT2D eigenvalue weighted by atomic mass is 9.98. The van der Waals surface area contributed by atoms with E-state index in [4.69, 9.17) is 9.15 Å². The van der Waals surface area contributed by atoms with Gasteiger partial charge < -0.3 is 19.2 Å². The van der Waals surface area contributed by atoms with Crippen LogP contribution in [0.15, 0.2) is 63.8 Å². The van der Waals surface area contributed by atoms with E-state index in [1.807, 2.05) is 30.3 Å². The van der Waals surface area contributed by atoms with Gasteiger partial charge in [0, 0.05) is 30.6 Å². The van der Waals surface area contributed by atoms with Crippen LogP contribution in [0.2, 0.25) is 0 Å². The molecular weight excluding hydrogens is 398 g/mol. The molecule has 1 aliphatic heterocycles. The van der Waals surface area contributed by atoms with E-state index in [0.29, 0.717) is 30.7 Å². The van der Waals surface area contributed by atoms with Crippen LogP contribution in [0.4, 0.5) is 0 Å². The van der Waals surface area contributed by atoms with Crippen molar-refractivity contribution in [3.05, 3.63) is 65.0 Å². The van der Waals surface area contributed by atoms with E-state index >= 15 is 0 Å². The average molecular weight is 421 g/mol. The Balaban J connectivity index is 1.56. The number of amides is 1. The van der Waals surface area contributed by atoms with Gasteiger partial charge in [-0.1, -0.05) is 30.3 Å². The van der Waals surface area contributed by atoms with Gasteiger partial charge in [-0.05, 0) is 43.0 Å². The quantitative estimate of drug-likeness (QED) is 0.633. The third kappa shape index (κ3) is 4.45. The monoisotopic (exact) mass is 421 g/mol. The van der Waals surface area contributed by atoms with Crippen LogP contribution in [0.1, 0.15) is 19.8 Å². The van der Waals surface area contributed by atoms with E-state index in [1.54, 1.807) is 30.0 Å². The zero-order valence-corrected chi connectivity index (χ0v) is 17.1. The van der Waals surface area contributed by atoms with Crippen LogP contribution >= 0.6 is 0 Å². The van der Waals surface area contributed by atoms with Crippen LogP contribution in [0.3, 0.4) is 0 Å². The van der Waals surface area contributed by atoms with Crippen LogP contribution < -0.4 is 10.4 Å². The number of hydrogen-bond donors (Lipinski definition) is 1. The van der Waals surface area contributed by atoms with Crippen molar-refractivity contribution in [3.63, 3.8) is 0 Å². The maximum Gasteiger partial charge on any atom is 0.336 e. The van der Waals surface area contributed by atoms with Crippen molar-refractivity contribution >= 4 is 22.8 Å². The molecule has 2 atom stereocenters. The highest BCUT2D eigenvalue weighted by atomic mass is 16.5. The zero-order valence-electron chi connectivity index (χ0n) is 17.1. The van der Waals surface area contributed by atoms with Crippen molar-refractivity contribution in [2.45, 2.75) is 25.9 Å². The van der Waals surface area contributed by atoms with Gasteiger partial charge in [-0.2, -0.15) is 0 Å². The lowest BCUT2D eigenvalue weighted by Crippen LogP contribution is -2.47. The van der Waals surface area contributed by atoms with Crippen molar-refractivity contribution in [3.8, 4) is 16.9 Å². The number of rotatable bonds is 5. The van der Waals surface area contributed by atoms with E-state index in [1.165, 1.54) is 6.07 Å². The Labute approximate surface area is 178 Å². The number of ether oxygens (including phenoxy) is 1. The molecule has 1 aliphatic rings. The fraction of sp³-hybridized carbons (Fsp3) is 0.292. The second-order valence-electron chi connectivity index (χ2n) is 7.72. The predicted octanol–water partition coefficient (Wildman–Crippen LogP) is 3.55. The molecule has 1 aromatic heterocycles. The molecule has 1 N–H and O–H groups in total. The van der Waals surface area contributed by atoms with E-state index in [0.717, 1.165) is 16.5 Å². The van der Waals surface area contributed by atoms with Gasteiger partial charge in [0.2, 0.25) is 0 Å². The number of nitrogens with zero attached hydrogens (tertiary/aromatic N) is 1. The number of carboxylic acids is 1. The molecule has 0 bridgehead atoms. The van der Waals surface area contributed by atoms with E-state index in [2.05, 4.69) is 0 Å². The van der Waals surface area contributed by atoms with Gasteiger partial charge in [-0.3, -0.25) is 9.59 Å². The summed E-state index contributed by atoms with van der Waals surface area (Å²) in [6.45, 7) is 2.34. The number of aliphatic carboxylic acids is 1. The summed E-state index contributed by atoms with van der Waals surface area (Å²) in [6, 6.07) is 16.1. The number of likely N-dealkylation sites (tertiary alicyclic amines) is 1. The third-order valence-electron chi connectivity index (χ3n) is 5.54. The minimum atomic E-state index is -0.884.